The van der Waals surface area contributed by atoms with Gasteiger partial charge in [0, 0.05) is 24.9 Å². The molecule has 0 aromatic carbocycles. The maximum atomic E-state index is 5.46. The first-order chi connectivity index (χ1) is 8.70. The highest BCUT2D eigenvalue weighted by molar-refractivity contribution is 5.06. The van der Waals surface area contributed by atoms with E-state index in [-0.39, 0.29) is 0 Å². The zero-order valence-corrected chi connectivity index (χ0v) is 11.9. The molecule has 0 radical (unpaired) electrons. The van der Waals surface area contributed by atoms with Crippen molar-refractivity contribution < 1.29 is 4.74 Å². The Morgan fingerprint density at radius 3 is 2.94 bits per heavy atom. The quantitative estimate of drug-likeness (QED) is 0.724. The Labute approximate surface area is 110 Å². The van der Waals surface area contributed by atoms with Gasteiger partial charge >= 0.3 is 0 Å². The molecule has 0 unspecified atom stereocenters. The van der Waals surface area contributed by atoms with Gasteiger partial charge in [-0.1, -0.05) is 0 Å². The fourth-order valence-corrected chi connectivity index (χ4v) is 2.78. The summed E-state index contributed by atoms with van der Waals surface area (Å²) in [5, 5.41) is 4.56. The van der Waals surface area contributed by atoms with Crippen LogP contribution in [0.2, 0.25) is 0 Å². The van der Waals surface area contributed by atoms with E-state index in [4.69, 9.17) is 4.74 Å². The summed E-state index contributed by atoms with van der Waals surface area (Å²) in [4.78, 5) is 2.55. The molecule has 1 saturated heterocycles. The largest absolute Gasteiger partial charge is 0.380 e. The summed E-state index contributed by atoms with van der Waals surface area (Å²) >= 11 is 0. The zero-order chi connectivity index (χ0) is 13.0. The summed E-state index contributed by atoms with van der Waals surface area (Å²) < 4.78 is 7.61. The van der Waals surface area contributed by atoms with Crippen molar-refractivity contribution >= 4 is 0 Å². The number of nitrogens with zero attached hydrogens (tertiary/aromatic N) is 3. The Bertz CT molecular complexity index is 375. The average Bonchev–Trinajstić information content (AvgIpc) is 2.88. The van der Waals surface area contributed by atoms with Crippen LogP contribution in [-0.2, 0) is 11.3 Å². The highest BCUT2D eigenvalue weighted by atomic mass is 16.5. The number of rotatable bonds is 6. The molecular formula is C14H25N3O. The van der Waals surface area contributed by atoms with Crippen molar-refractivity contribution in [3.05, 3.63) is 17.5 Å². The third-order valence-corrected chi connectivity index (χ3v) is 3.71. The van der Waals surface area contributed by atoms with Crippen LogP contribution < -0.4 is 0 Å². The van der Waals surface area contributed by atoms with E-state index in [1.54, 1.807) is 0 Å². The number of hydrogen-bond acceptors (Lipinski definition) is 3. The Hall–Kier alpha value is -0.870. The molecule has 1 fully saturated rings. The van der Waals surface area contributed by atoms with Gasteiger partial charge in [-0.15, -0.1) is 0 Å². The third kappa shape index (κ3) is 3.33. The predicted octanol–water partition coefficient (Wildman–Crippen LogP) is 2.00. The van der Waals surface area contributed by atoms with E-state index < -0.39 is 0 Å². The van der Waals surface area contributed by atoms with Gasteiger partial charge in [-0.2, -0.15) is 5.10 Å². The normalized spacial score (nSPS) is 20.7. The first-order valence-corrected chi connectivity index (χ1v) is 7.03. The summed E-state index contributed by atoms with van der Waals surface area (Å²) in [6, 6.07) is 2.78. The van der Waals surface area contributed by atoms with Crippen LogP contribution in [0.15, 0.2) is 6.07 Å². The summed E-state index contributed by atoms with van der Waals surface area (Å²) in [5.74, 6) is 0. The summed E-state index contributed by atoms with van der Waals surface area (Å²) in [5.41, 5.74) is 2.38. The second kappa shape index (κ2) is 6.34. The van der Waals surface area contributed by atoms with E-state index in [2.05, 4.69) is 41.5 Å². The molecule has 2 rings (SSSR count). The fraction of sp³-hybridized carbons (Fsp3) is 0.786. The minimum Gasteiger partial charge on any atom is -0.380 e. The number of ether oxygens (including phenoxy) is 1. The molecule has 1 aromatic rings. The van der Waals surface area contributed by atoms with Crippen molar-refractivity contribution in [1.82, 2.24) is 14.7 Å². The molecule has 0 N–H and O–H groups in total. The molecule has 1 atom stereocenters. The average molecular weight is 251 g/mol. The van der Waals surface area contributed by atoms with Crippen LogP contribution in [-0.4, -0.2) is 47.0 Å². The lowest BCUT2D eigenvalue weighted by atomic mass is 10.2. The molecule has 4 heteroatoms. The molecule has 4 nitrogen and oxygen atoms in total. The van der Waals surface area contributed by atoms with E-state index in [9.17, 15) is 0 Å². The number of likely N-dealkylation sites (tertiary alicyclic amines) is 1. The van der Waals surface area contributed by atoms with Gasteiger partial charge in [0.1, 0.15) is 0 Å². The van der Waals surface area contributed by atoms with Crippen LogP contribution in [0.3, 0.4) is 0 Å². The maximum absolute atomic E-state index is 5.46. The second-order valence-electron chi connectivity index (χ2n) is 5.14. The topological polar surface area (TPSA) is 30.3 Å². The van der Waals surface area contributed by atoms with Gasteiger partial charge in [0.15, 0.2) is 0 Å². The standard InChI is InChI=1S/C14H25N3O/c1-4-18-9-8-16-7-5-6-14(16)11-17-13(3)10-12(2)15-17/h10,14H,4-9,11H2,1-3H3/t14-/m0/s1. The minimum absolute atomic E-state index is 0.628. The van der Waals surface area contributed by atoms with Crippen molar-refractivity contribution in [2.45, 2.75) is 46.2 Å². The Kier molecular flexibility index (Phi) is 4.78. The van der Waals surface area contributed by atoms with E-state index in [0.29, 0.717) is 6.04 Å². The molecule has 0 aliphatic carbocycles. The number of aromatic nitrogens is 2. The fourth-order valence-electron chi connectivity index (χ4n) is 2.78. The second-order valence-corrected chi connectivity index (χ2v) is 5.14. The van der Waals surface area contributed by atoms with Gasteiger partial charge < -0.3 is 4.74 Å². The van der Waals surface area contributed by atoms with Gasteiger partial charge in [-0.3, -0.25) is 9.58 Å². The lowest BCUT2D eigenvalue weighted by molar-refractivity contribution is 0.104. The molecule has 18 heavy (non-hydrogen) atoms. The first-order valence-electron chi connectivity index (χ1n) is 7.03. The number of hydrogen-bond donors (Lipinski definition) is 0. The molecule has 2 heterocycles. The highest BCUT2D eigenvalue weighted by Crippen LogP contribution is 2.19. The van der Waals surface area contributed by atoms with E-state index in [0.717, 1.165) is 32.0 Å². The van der Waals surface area contributed by atoms with Crippen molar-refractivity contribution in [2.75, 3.05) is 26.3 Å². The molecule has 102 valence electrons. The van der Waals surface area contributed by atoms with Crippen molar-refractivity contribution in [2.24, 2.45) is 0 Å². The minimum atomic E-state index is 0.628. The molecule has 0 amide bonds. The molecule has 0 saturated carbocycles. The van der Waals surface area contributed by atoms with E-state index >= 15 is 0 Å². The van der Waals surface area contributed by atoms with Gasteiger partial charge in [-0.25, -0.2) is 0 Å². The summed E-state index contributed by atoms with van der Waals surface area (Å²) in [6.07, 6.45) is 2.58. The van der Waals surface area contributed by atoms with Gasteiger partial charge in [-0.05, 0) is 46.2 Å². The SMILES string of the molecule is CCOCCN1CCC[C@H]1Cn1nc(C)cc1C. The van der Waals surface area contributed by atoms with Gasteiger partial charge in [0.25, 0.3) is 0 Å². The summed E-state index contributed by atoms with van der Waals surface area (Å²) in [6.45, 7) is 11.2. The van der Waals surface area contributed by atoms with Crippen molar-refractivity contribution in [3.8, 4) is 0 Å². The monoisotopic (exact) mass is 251 g/mol. The van der Waals surface area contributed by atoms with E-state index in [1.165, 1.54) is 25.1 Å². The van der Waals surface area contributed by atoms with Crippen LogP contribution >= 0.6 is 0 Å². The third-order valence-electron chi connectivity index (χ3n) is 3.71. The van der Waals surface area contributed by atoms with Crippen LogP contribution in [0, 0.1) is 13.8 Å². The smallest absolute Gasteiger partial charge is 0.0596 e. The lowest BCUT2D eigenvalue weighted by Gasteiger charge is -2.24. The van der Waals surface area contributed by atoms with Crippen LogP contribution in [0.5, 0.6) is 0 Å². The Balaban J connectivity index is 1.89. The zero-order valence-electron chi connectivity index (χ0n) is 11.9. The van der Waals surface area contributed by atoms with Gasteiger partial charge in [0.2, 0.25) is 0 Å². The Morgan fingerprint density at radius 1 is 1.44 bits per heavy atom. The molecule has 1 aliphatic heterocycles. The van der Waals surface area contributed by atoms with Crippen LogP contribution in [0.4, 0.5) is 0 Å². The Morgan fingerprint density at radius 2 is 2.28 bits per heavy atom. The van der Waals surface area contributed by atoms with Crippen LogP contribution in [0.25, 0.3) is 0 Å². The number of aryl methyl sites for hydroxylation is 2. The molecular weight excluding hydrogens is 226 g/mol. The molecule has 1 aliphatic rings. The lowest BCUT2D eigenvalue weighted by Crippen LogP contribution is -2.36. The molecule has 0 spiro atoms. The van der Waals surface area contributed by atoms with Crippen LogP contribution in [0.1, 0.15) is 31.2 Å². The maximum Gasteiger partial charge on any atom is 0.0596 e. The van der Waals surface area contributed by atoms with Crippen molar-refractivity contribution in [1.29, 1.82) is 0 Å². The van der Waals surface area contributed by atoms with Gasteiger partial charge in [0.05, 0.1) is 18.8 Å². The molecule has 0 bridgehead atoms. The van der Waals surface area contributed by atoms with Crippen molar-refractivity contribution in [3.63, 3.8) is 0 Å². The van der Waals surface area contributed by atoms with E-state index in [1.807, 2.05) is 0 Å². The first kappa shape index (κ1) is 13.6. The predicted molar refractivity (Wildman–Crippen MR) is 72.8 cm³/mol. The highest BCUT2D eigenvalue weighted by Gasteiger charge is 2.24. The molecule has 1 aromatic heterocycles. The summed E-state index contributed by atoms with van der Waals surface area (Å²) in [7, 11) is 0.